The summed E-state index contributed by atoms with van der Waals surface area (Å²) in [6.07, 6.45) is 4.89. The Hall–Kier alpha value is -0.870. The molecule has 1 heterocycles. The highest BCUT2D eigenvalue weighted by Crippen LogP contribution is 2.01. The average molecular weight is 197 g/mol. The lowest BCUT2D eigenvalue weighted by Crippen LogP contribution is -2.33. The van der Waals surface area contributed by atoms with Crippen LogP contribution < -0.4 is 0 Å². The second-order valence-electron chi connectivity index (χ2n) is 3.78. The monoisotopic (exact) mass is 197 g/mol. The molecule has 1 aromatic rings. The van der Waals surface area contributed by atoms with Crippen LogP contribution in [0, 0.1) is 0 Å². The first-order chi connectivity index (χ1) is 6.63. The molecule has 0 fully saturated rings. The number of rotatable bonds is 5. The van der Waals surface area contributed by atoms with Gasteiger partial charge in [0.25, 0.3) is 0 Å². The first kappa shape index (κ1) is 11.2. The molecule has 1 atom stereocenters. The topological polar surface area (TPSA) is 41.3 Å². The van der Waals surface area contributed by atoms with Crippen LogP contribution >= 0.6 is 0 Å². The third kappa shape index (κ3) is 3.12. The number of aliphatic hydroxyl groups excluding tert-OH is 1. The van der Waals surface area contributed by atoms with E-state index in [1.54, 1.807) is 0 Å². The van der Waals surface area contributed by atoms with Crippen molar-refractivity contribution in [1.29, 1.82) is 0 Å². The second kappa shape index (κ2) is 5.12. The number of aliphatic hydroxyl groups is 1. The standard InChI is InChI=1S/C10H19N3O/c1-9(8-14)12(2)5-4-10-6-11-13(3)7-10/h6-7,9,14H,4-5,8H2,1-3H3. The van der Waals surface area contributed by atoms with Gasteiger partial charge in [0, 0.05) is 25.8 Å². The van der Waals surface area contributed by atoms with Gasteiger partial charge in [-0.25, -0.2) is 0 Å². The van der Waals surface area contributed by atoms with Crippen LogP contribution in [-0.2, 0) is 13.5 Å². The normalized spacial score (nSPS) is 13.5. The highest BCUT2D eigenvalue weighted by atomic mass is 16.3. The fourth-order valence-corrected chi connectivity index (χ4v) is 1.27. The highest BCUT2D eigenvalue weighted by Gasteiger charge is 2.07. The van der Waals surface area contributed by atoms with Crippen molar-refractivity contribution in [3.05, 3.63) is 18.0 Å². The zero-order valence-electron chi connectivity index (χ0n) is 9.14. The van der Waals surface area contributed by atoms with E-state index in [4.69, 9.17) is 5.11 Å². The summed E-state index contributed by atoms with van der Waals surface area (Å²) in [5.74, 6) is 0. The molecule has 4 nitrogen and oxygen atoms in total. The Bertz CT molecular complexity index is 272. The molecule has 0 amide bonds. The molecule has 1 N–H and O–H groups in total. The molecule has 1 aromatic heterocycles. The third-order valence-corrected chi connectivity index (χ3v) is 2.53. The van der Waals surface area contributed by atoms with Gasteiger partial charge in [0.1, 0.15) is 0 Å². The zero-order chi connectivity index (χ0) is 10.6. The molecule has 1 rings (SSSR count). The number of hydrogen-bond donors (Lipinski definition) is 1. The highest BCUT2D eigenvalue weighted by molar-refractivity contribution is 5.03. The minimum Gasteiger partial charge on any atom is -0.395 e. The molecule has 0 aromatic carbocycles. The van der Waals surface area contributed by atoms with E-state index in [2.05, 4.69) is 10.00 Å². The van der Waals surface area contributed by atoms with Gasteiger partial charge >= 0.3 is 0 Å². The van der Waals surface area contributed by atoms with E-state index < -0.39 is 0 Å². The fourth-order valence-electron chi connectivity index (χ4n) is 1.27. The predicted molar refractivity (Wildman–Crippen MR) is 56.1 cm³/mol. The van der Waals surface area contributed by atoms with Gasteiger partial charge in [-0.05, 0) is 26.0 Å². The molecule has 0 radical (unpaired) electrons. The van der Waals surface area contributed by atoms with Gasteiger partial charge in [0.2, 0.25) is 0 Å². The van der Waals surface area contributed by atoms with E-state index in [-0.39, 0.29) is 12.6 Å². The summed E-state index contributed by atoms with van der Waals surface area (Å²) in [5, 5.41) is 13.1. The van der Waals surface area contributed by atoms with E-state index in [0.717, 1.165) is 13.0 Å². The molecule has 80 valence electrons. The van der Waals surface area contributed by atoms with Crippen LogP contribution in [0.2, 0.25) is 0 Å². The first-order valence-electron chi connectivity index (χ1n) is 4.92. The minimum atomic E-state index is 0.212. The van der Waals surface area contributed by atoms with Crippen molar-refractivity contribution in [3.8, 4) is 0 Å². The summed E-state index contributed by atoms with van der Waals surface area (Å²) >= 11 is 0. The van der Waals surface area contributed by atoms with Crippen LogP contribution in [0.3, 0.4) is 0 Å². The molecule has 4 heteroatoms. The van der Waals surface area contributed by atoms with Crippen LogP contribution in [0.5, 0.6) is 0 Å². The number of hydrogen-bond acceptors (Lipinski definition) is 3. The summed E-state index contributed by atoms with van der Waals surface area (Å²) in [4.78, 5) is 2.15. The van der Waals surface area contributed by atoms with Crippen LogP contribution in [0.1, 0.15) is 12.5 Å². The predicted octanol–water partition coefficient (Wildman–Crippen LogP) is 0.275. The van der Waals surface area contributed by atoms with Crippen LogP contribution in [0.4, 0.5) is 0 Å². The summed E-state index contributed by atoms with van der Waals surface area (Å²) < 4.78 is 1.81. The molecule has 0 saturated carbocycles. The van der Waals surface area contributed by atoms with E-state index in [1.165, 1.54) is 5.56 Å². The maximum Gasteiger partial charge on any atom is 0.0584 e. The van der Waals surface area contributed by atoms with Gasteiger partial charge in [0.15, 0.2) is 0 Å². The van der Waals surface area contributed by atoms with Crippen molar-refractivity contribution in [2.24, 2.45) is 7.05 Å². The van der Waals surface area contributed by atoms with Gasteiger partial charge in [-0.3, -0.25) is 4.68 Å². The molecule has 0 saturated heterocycles. The molecular formula is C10H19N3O. The summed E-state index contributed by atoms with van der Waals surface area (Å²) in [6, 6.07) is 0.228. The Labute approximate surface area is 85.1 Å². The Kier molecular flexibility index (Phi) is 4.10. The number of likely N-dealkylation sites (N-methyl/N-ethyl adjacent to an activating group) is 1. The Balaban J connectivity index is 2.33. The smallest absolute Gasteiger partial charge is 0.0584 e. The SMILES string of the molecule is CC(CO)N(C)CCc1cnn(C)c1. The quantitative estimate of drug-likeness (QED) is 0.737. The van der Waals surface area contributed by atoms with E-state index in [1.807, 2.05) is 38.1 Å². The maximum atomic E-state index is 8.95. The lowest BCUT2D eigenvalue weighted by molar-refractivity contribution is 0.160. The van der Waals surface area contributed by atoms with Crippen LogP contribution in [-0.4, -0.2) is 46.0 Å². The molecule has 0 bridgehead atoms. The summed E-state index contributed by atoms with van der Waals surface area (Å²) in [6.45, 7) is 3.18. The Morgan fingerprint density at radius 3 is 2.86 bits per heavy atom. The average Bonchev–Trinajstić information content (AvgIpc) is 2.59. The van der Waals surface area contributed by atoms with Crippen molar-refractivity contribution < 1.29 is 5.11 Å². The molecule has 0 aliphatic rings. The van der Waals surface area contributed by atoms with Crippen LogP contribution in [0.15, 0.2) is 12.4 Å². The molecule has 0 aliphatic carbocycles. The van der Waals surface area contributed by atoms with Crippen molar-refractivity contribution in [1.82, 2.24) is 14.7 Å². The molecule has 0 aliphatic heterocycles. The van der Waals surface area contributed by atoms with Gasteiger partial charge in [-0.15, -0.1) is 0 Å². The Morgan fingerprint density at radius 1 is 1.64 bits per heavy atom. The number of aromatic nitrogens is 2. The third-order valence-electron chi connectivity index (χ3n) is 2.53. The molecular weight excluding hydrogens is 178 g/mol. The van der Waals surface area contributed by atoms with E-state index in [0.29, 0.717) is 0 Å². The van der Waals surface area contributed by atoms with Crippen molar-refractivity contribution >= 4 is 0 Å². The van der Waals surface area contributed by atoms with Gasteiger partial charge in [-0.1, -0.05) is 0 Å². The molecule has 1 unspecified atom stereocenters. The largest absolute Gasteiger partial charge is 0.395 e. The maximum absolute atomic E-state index is 8.95. The van der Waals surface area contributed by atoms with Crippen molar-refractivity contribution in [2.75, 3.05) is 20.2 Å². The Morgan fingerprint density at radius 2 is 2.36 bits per heavy atom. The van der Waals surface area contributed by atoms with Crippen molar-refractivity contribution in [2.45, 2.75) is 19.4 Å². The summed E-state index contributed by atoms with van der Waals surface area (Å²) in [7, 11) is 3.95. The molecule has 0 spiro atoms. The molecule has 14 heavy (non-hydrogen) atoms. The lowest BCUT2D eigenvalue weighted by atomic mass is 10.2. The fraction of sp³-hybridized carbons (Fsp3) is 0.700. The zero-order valence-corrected chi connectivity index (χ0v) is 9.14. The van der Waals surface area contributed by atoms with Gasteiger partial charge in [0.05, 0.1) is 12.8 Å². The minimum absolute atomic E-state index is 0.212. The van der Waals surface area contributed by atoms with Gasteiger partial charge in [-0.2, -0.15) is 5.10 Å². The van der Waals surface area contributed by atoms with Gasteiger partial charge < -0.3 is 10.0 Å². The lowest BCUT2D eigenvalue weighted by Gasteiger charge is -2.22. The summed E-state index contributed by atoms with van der Waals surface area (Å²) in [5.41, 5.74) is 1.24. The number of aryl methyl sites for hydroxylation is 1. The second-order valence-corrected chi connectivity index (χ2v) is 3.78. The first-order valence-corrected chi connectivity index (χ1v) is 4.92. The van der Waals surface area contributed by atoms with Crippen LogP contribution in [0.25, 0.3) is 0 Å². The van der Waals surface area contributed by atoms with E-state index >= 15 is 0 Å². The van der Waals surface area contributed by atoms with Crippen molar-refractivity contribution in [3.63, 3.8) is 0 Å². The number of nitrogens with zero attached hydrogens (tertiary/aromatic N) is 3. The van der Waals surface area contributed by atoms with E-state index in [9.17, 15) is 0 Å².